The van der Waals surface area contributed by atoms with Crippen molar-refractivity contribution in [2.75, 3.05) is 0 Å². The van der Waals surface area contributed by atoms with Crippen molar-refractivity contribution in [2.24, 2.45) is 0 Å². The number of hydrogen-bond acceptors (Lipinski definition) is 0. The molecule has 2 atom stereocenters. The molecule has 38 valence electrons. The van der Waals surface area contributed by atoms with E-state index in [4.69, 9.17) is 11.6 Å². The van der Waals surface area contributed by atoms with E-state index in [1.165, 1.54) is 0 Å². The van der Waals surface area contributed by atoms with E-state index in [0.717, 1.165) is 0 Å². The lowest BCUT2D eigenvalue weighted by molar-refractivity contribution is 0.456. The van der Waals surface area contributed by atoms with Gasteiger partial charge in [0.25, 0.3) is 0 Å². The van der Waals surface area contributed by atoms with Crippen LogP contribution in [0.5, 0.6) is 0 Å². The lowest BCUT2D eigenvalue weighted by Gasteiger charge is -1.96. The van der Waals surface area contributed by atoms with Crippen LogP contribution in [0, 0.1) is 0 Å². The van der Waals surface area contributed by atoms with E-state index in [2.05, 4.69) is 15.9 Å². The normalized spacial score (nSPS) is 20.0. The highest BCUT2D eigenvalue weighted by Gasteiger charge is 2.05. The molecule has 0 N–H and O–H groups in total. The Labute approximate surface area is 49.8 Å². The molecule has 2 unspecified atom stereocenters. The molecule has 0 rings (SSSR count). The molecule has 0 saturated heterocycles. The summed E-state index contributed by atoms with van der Waals surface area (Å²) >= 11 is 7.83. The first-order chi connectivity index (χ1) is 2.64. The minimum Gasteiger partial charge on any atom is -0.233 e. The van der Waals surface area contributed by atoms with Crippen molar-refractivity contribution in [1.29, 1.82) is 0 Å². The number of halogens is 3. The van der Waals surface area contributed by atoms with Gasteiger partial charge in [0.15, 0.2) is 5.08 Å². The standard InChI is InChI=1S/C3H5BrClF/c1-2(5)3(4)6/h2-3H,1H3. The van der Waals surface area contributed by atoms with Gasteiger partial charge in [0.2, 0.25) is 0 Å². The average molecular weight is 175 g/mol. The Morgan fingerprint density at radius 2 is 2.00 bits per heavy atom. The Morgan fingerprint density at radius 1 is 1.83 bits per heavy atom. The largest absolute Gasteiger partial charge is 0.233 e. The van der Waals surface area contributed by atoms with Crippen molar-refractivity contribution >= 4 is 27.5 Å². The van der Waals surface area contributed by atoms with Gasteiger partial charge in [-0.2, -0.15) is 0 Å². The predicted molar refractivity (Wildman–Crippen MR) is 29.1 cm³/mol. The molecule has 0 aliphatic heterocycles. The zero-order chi connectivity index (χ0) is 5.15. The SMILES string of the molecule is CC(Cl)C(F)Br. The van der Waals surface area contributed by atoms with Gasteiger partial charge in [-0.3, -0.25) is 0 Å². The summed E-state index contributed by atoms with van der Waals surface area (Å²) in [5, 5.41) is -1.50. The first kappa shape index (κ1) is 6.70. The topological polar surface area (TPSA) is 0 Å². The number of rotatable bonds is 1. The lowest BCUT2D eigenvalue weighted by Crippen LogP contribution is -2.00. The molecule has 3 heteroatoms. The second-order valence-corrected chi connectivity index (χ2v) is 2.58. The highest BCUT2D eigenvalue weighted by molar-refractivity contribution is 9.09. The first-order valence-electron chi connectivity index (χ1n) is 1.57. The summed E-state index contributed by atoms with van der Waals surface area (Å²) < 4.78 is 11.6. The number of hydrogen-bond donors (Lipinski definition) is 0. The van der Waals surface area contributed by atoms with Crippen LogP contribution in [0.4, 0.5) is 4.39 Å². The highest BCUT2D eigenvalue weighted by Crippen LogP contribution is 2.11. The molecule has 0 saturated carbocycles. The molecule has 0 nitrogen and oxygen atoms in total. The molecule has 0 amide bonds. The van der Waals surface area contributed by atoms with Crippen molar-refractivity contribution in [2.45, 2.75) is 17.4 Å². The average Bonchev–Trinajstić information content (AvgIpc) is 1.36. The van der Waals surface area contributed by atoms with Crippen molar-refractivity contribution in [3.05, 3.63) is 0 Å². The molecule has 0 bridgehead atoms. The van der Waals surface area contributed by atoms with Gasteiger partial charge in [-0.1, -0.05) is 15.9 Å². The summed E-state index contributed by atoms with van der Waals surface area (Å²) in [6.45, 7) is 1.58. The van der Waals surface area contributed by atoms with E-state index in [9.17, 15) is 4.39 Å². The quantitative estimate of drug-likeness (QED) is 0.537. The van der Waals surface area contributed by atoms with Crippen LogP contribution in [0.3, 0.4) is 0 Å². The fourth-order valence-corrected chi connectivity index (χ4v) is 0. The molecule has 0 radical (unpaired) electrons. The van der Waals surface area contributed by atoms with Gasteiger partial charge in [-0.15, -0.1) is 11.6 Å². The molecule has 0 aromatic carbocycles. The first-order valence-corrected chi connectivity index (χ1v) is 2.92. The maximum atomic E-state index is 11.6. The molecule has 0 aliphatic carbocycles. The monoisotopic (exact) mass is 174 g/mol. The second kappa shape index (κ2) is 2.80. The number of alkyl halides is 3. The lowest BCUT2D eigenvalue weighted by atomic mass is 10.5. The Hall–Kier alpha value is 0.700. The maximum Gasteiger partial charge on any atom is 0.170 e. The molecule has 0 spiro atoms. The van der Waals surface area contributed by atoms with Gasteiger partial charge in [0.1, 0.15) is 0 Å². The third-order valence-electron chi connectivity index (χ3n) is 0.347. The predicted octanol–water partition coefficient (Wildman–Crippen LogP) is 2.30. The summed E-state index contributed by atoms with van der Waals surface area (Å²) in [6.07, 6.45) is 0. The zero-order valence-corrected chi connectivity index (χ0v) is 5.63. The van der Waals surface area contributed by atoms with Crippen LogP contribution in [-0.2, 0) is 0 Å². The van der Waals surface area contributed by atoms with Crippen molar-refractivity contribution in [3.63, 3.8) is 0 Å². The molecule has 0 fully saturated rings. The maximum absolute atomic E-state index is 11.6. The van der Waals surface area contributed by atoms with E-state index in [0.29, 0.717) is 0 Å². The third kappa shape index (κ3) is 2.91. The summed E-state index contributed by atoms with van der Waals surface area (Å²) in [6, 6.07) is 0. The van der Waals surface area contributed by atoms with Crippen LogP contribution in [0.2, 0.25) is 0 Å². The van der Waals surface area contributed by atoms with Crippen LogP contribution in [0.15, 0.2) is 0 Å². The van der Waals surface area contributed by atoms with E-state index in [1.807, 2.05) is 0 Å². The van der Waals surface area contributed by atoms with Gasteiger partial charge in [-0.25, -0.2) is 4.39 Å². The fourth-order valence-electron chi connectivity index (χ4n) is 0. The van der Waals surface area contributed by atoms with Gasteiger partial charge in [-0.05, 0) is 6.92 Å². The molecular formula is C3H5BrClF. The molecular weight excluding hydrogens is 170 g/mol. The van der Waals surface area contributed by atoms with Crippen molar-refractivity contribution in [1.82, 2.24) is 0 Å². The van der Waals surface area contributed by atoms with E-state index in [-0.39, 0.29) is 0 Å². The van der Waals surface area contributed by atoms with E-state index >= 15 is 0 Å². The summed E-state index contributed by atoms with van der Waals surface area (Å²) in [5.74, 6) is 0. The van der Waals surface area contributed by atoms with Crippen LogP contribution in [-0.4, -0.2) is 10.5 Å². The smallest absolute Gasteiger partial charge is 0.170 e. The Morgan fingerprint density at radius 3 is 2.00 bits per heavy atom. The van der Waals surface area contributed by atoms with Gasteiger partial charge in [0, 0.05) is 0 Å². The zero-order valence-electron chi connectivity index (χ0n) is 3.29. The van der Waals surface area contributed by atoms with Crippen LogP contribution >= 0.6 is 27.5 Å². The summed E-state index contributed by atoms with van der Waals surface area (Å²) in [5.41, 5.74) is 0. The van der Waals surface area contributed by atoms with E-state index < -0.39 is 10.5 Å². The fraction of sp³-hybridized carbons (Fsp3) is 1.00. The molecule has 6 heavy (non-hydrogen) atoms. The van der Waals surface area contributed by atoms with Gasteiger partial charge in [0.05, 0.1) is 5.38 Å². The van der Waals surface area contributed by atoms with E-state index in [1.54, 1.807) is 6.92 Å². The minimum atomic E-state index is -1.07. The Balaban J connectivity index is 2.99. The van der Waals surface area contributed by atoms with Crippen LogP contribution in [0.1, 0.15) is 6.92 Å². The minimum absolute atomic E-state index is 0.426. The van der Waals surface area contributed by atoms with Crippen molar-refractivity contribution < 1.29 is 4.39 Å². The van der Waals surface area contributed by atoms with Gasteiger partial charge >= 0.3 is 0 Å². The Bertz CT molecular complexity index is 31.8. The summed E-state index contributed by atoms with van der Waals surface area (Å²) in [7, 11) is 0. The Kier molecular flexibility index (Phi) is 3.13. The molecule has 0 aliphatic rings. The second-order valence-electron chi connectivity index (χ2n) is 1.01. The molecule has 0 aromatic heterocycles. The van der Waals surface area contributed by atoms with Crippen LogP contribution in [0.25, 0.3) is 0 Å². The van der Waals surface area contributed by atoms with Gasteiger partial charge < -0.3 is 0 Å². The third-order valence-corrected chi connectivity index (χ3v) is 1.67. The molecule has 0 heterocycles. The highest BCUT2D eigenvalue weighted by atomic mass is 79.9. The van der Waals surface area contributed by atoms with Crippen LogP contribution < -0.4 is 0 Å². The summed E-state index contributed by atoms with van der Waals surface area (Å²) in [4.78, 5) is 0. The molecule has 0 aromatic rings. The van der Waals surface area contributed by atoms with Crippen molar-refractivity contribution in [3.8, 4) is 0 Å².